The first-order valence-electron chi connectivity index (χ1n) is 13.8. The van der Waals surface area contributed by atoms with Gasteiger partial charge < -0.3 is 30.4 Å². The topological polar surface area (TPSA) is 123 Å². The lowest BCUT2D eigenvalue weighted by Crippen LogP contribution is -2.48. The van der Waals surface area contributed by atoms with Gasteiger partial charge in [0.15, 0.2) is 0 Å². The van der Waals surface area contributed by atoms with Gasteiger partial charge in [0.05, 0.1) is 11.7 Å². The largest absolute Gasteiger partial charge is 0.478 e. The Morgan fingerprint density at radius 1 is 0.949 bits per heavy atom. The van der Waals surface area contributed by atoms with Gasteiger partial charge in [0.1, 0.15) is 6.04 Å². The lowest BCUT2D eigenvalue weighted by molar-refractivity contribution is -0.143. The maximum absolute atomic E-state index is 13.9. The second-order valence-electron chi connectivity index (χ2n) is 10.7. The van der Waals surface area contributed by atoms with Gasteiger partial charge in [0.25, 0.3) is 5.91 Å². The Kier molecular flexibility index (Phi) is 7.97. The molecule has 3 aliphatic rings. The van der Waals surface area contributed by atoms with Crippen LogP contribution in [0.2, 0.25) is 0 Å². The molecule has 2 aromatic rings. The number of ether oxygens (including phenoxy) is 1. The zero-order valence-electron chi connectivity index (χ0n) is 22.3. The minimum Gasteiger partial charge on any atom is -0.478 e. The number of anilines is 2. The van der Waals surface area contributed by atoms with E-state index in [0.717, 1.165) is 42.7 Å². The van der Waals surface area contributed by atoms with Crippen LogP contribution in [0.5, 0.6) is 0 Å². The van der Waals surface area contributed by atoms with Gasteiger partial charge in [-0.3, -0.25) is 9.59 Å². The Balaban J connectivity index is 1.45. The van der Waals surface area contributed by atoms with E-state index in [1.54, 1.807) is 24.1 Å². The van der Waals surface area contributed by atoms with Crippen LogP contribution >= 0.6 is 0 Å². The summed E-state index contributed by atoms with van der Waals surface area (Å²) in [4.78, 5) is 43.0. The molecule has 3 N–H and O–H groups in total. The number of methoxy groups -OCH3 is 1. The molecule has 2 fully saturated rings. The first-order chi connectivity index (χ1) is 18.9. The fourth-order valence-electron chi connectivity index (χ4n) is 6.15. The molecule has 0 spiro atoms. The summed E-state index contributed by atoms with van der Waals surface area (Å²) >= 11 is 0. The van der Waals surface area contributed by atoms with Crippen molar-refractivity contribution in [2.24, 2.45) is 5.92 Å². The van der Waals surface area contributed by atoms with Crippen LogP contribution in [0.3, 0.4) is 0 Å². The van der Waals surface area contributed by atoms with Crippen LogP contribution in [0.15, 0.2) is 42.5 Å². The highest BCUT2D eigenvalue weighted by molar-refractivity contribution is 5.99. The number of rotatable bonds is 6. The van der Waals surface area contributed by atoms with E-state index in [4.69, 9.17) is 10.1 Å². The number of carboxylic acid groups (broad SMARTS) is 1. The normalized spacial score (nSPS) is 21.8. The van der Waals surface area contributed by atoms with Gasteiger partial charge in [-0.25, -0.2) is 4.79 Å². The standard InChI is InChI=1S/C30H36N4O5/c1-39-23-13-16-33(17-14-23)26-4-2-3-25-24(26)15-18-34(29(36)19-5-9-21(31)10-6-19)27(25)28(35)32-22-11-7-20(8-12-22)30(37)38/h2-4,7-8,11-12,19,23,27,31H,5-6,9-10,13-18H2,1H3,(H,32,35)(H,37,38). The molecule has 2 aliphatic heterocycles. The molecule has 0 radical (unpaired) electrons. The smallest absolute Gasteiger partial charge is 0.335 e. The fraction of sp³-hybridized carbons (Fsp3) is 0.467. The third-order valence-corrected chi connectivity index (χ3v) is 8.38. The number of hydrogen-bond donors (Lipinski definition) is 3. The number of hydrogen-bond acceptors (Lipinski definition) is 6. The molecule has 9 heteroatoms. The SMILES string of the molecule is COC1CCN(c2cccc3c2CCN(C(=O)C2CCC(=N)CC2)C3C(=O)Nc2ccc(C(=O)O)cc2)CC1. The number of fused-ring (bicyclic) bond motifs is 1. The summed E-state index contributed by atoms with van der Waals surface area (Å²) in [6.07, 6.45) is 5.33. The third kappa shape index (κ3) is 5.68. The number of nitrogens with one attached hydrogen (secondary N) is 2. The van der Waals surface area contributed by atoms with Gasteiger partial charge in [0.2, 0.25) is 5.91 Å². The first-order valence-corrected chi connectivity index (χ1v) is 13.8. The van der Waals surface area contributed by atoms with Crippen LogP contribution in [0.25, 0.3) is 0 Å². The van der Waals surface area contributed by atoms with Crippen molar-refractivity contribution in [1.82, 2.24) is 4.90 Å². The van der Waals surface area contributed by atoms with Crippen molar-refractivity contribution in [2.45, 2.75) is 57.1 Å². The number of piperidine rings is 1. The van der Waals surface area contributed by atoms with Crippen molar-refractivity contribution >= 4 is 34.9 Å². The fourth-order valence-corrected chi connectivity index (χ4v) is 6.15. The Hall–Kier alpha value is -3.72. The van der Waals surface area contributed by atoms with E-state index in [-0.39, 0.29) is 29.4 Å². The Morgan fingerprint density at radius 2 is 1.64 bits per heavy atom. The molecular formula is C30H36N4O5. The summed E-state index contributed by atoms with van der Waals surface area (Å²) in [5.74, 6) is -1.57. The second-order valence-corrected chi connectivity index (χ2v) is 10.7. The molecule has 1 atom stereocenters. The number of nitrogens with zero attached hydrogens (tertiary/aromatic N) is 2. The van der Waals surface area contributed by atoms with Gasteiger partial charge in [-0.05, 0) is 86.4 Å². The van der Waals surface area contributed by atoms with E-state index in [2.05, 4.69) is 16.3 Å². The zero-order chi connectivity index (χ0) is 27.5. The van der Waals surface area contributed by atoms with Crippen molar-refractivity contribution < 1.29 is 24.2 Å². The molecular weight excluding hydrogens is 496 g/mol. The van der Waals surface area contributed by atoms with Gasteiger partial charge in [-0.2, -0.15) is 0 Å². The summed E-state index contributed by atoms with van der Waals surface area (Å²) in [6, 6.07) is 11.3. The molecule has 1 saturated heterocycles. The number of carbonyl (C=O) groups is 3. The summed E-state index contributed by atoms with van der Waals surface area (Å²) in [7, 11) is 1.75. The molecule has 2 amide bonds. The number of benzene rings is 2. The monoisotopic (exact) mass is 532 g/mol. The van der Waals surface area contributed by atoms with Gasteiger partial charge in [0, 0.05) is 49.7 Å². The predicted octanol–water partition coefficient (Wildman–Crippen LogP) is 4.27. The van der Waals surface area contributed by atoms with E-state index < -0.39 is 12.0 Å². The van der Waals surface area contributed by atoms with E-state index >= 15 is 0 Å². The van der Waals surface area contributed by atoms with Crippen LogP contribution in [-0.2, 0) is 20.7 Å². The third-order valence-electron chi connectivity index (χ3n) is 8.38. The average Bonchev–Trinajstić information content (AvgIpc) is 2.96. The van der Waals surface area contributed by atoms with Crippen LogP contribution in [0, 0.1) is 11.3 Å². The Labute approximate surface area is 228 Å². The van der Waals surface area contributed by atoms with Crippen molar-refractivity contribution in [2.75, 3.05) is 37.0 Å². The molecule has 5 rings (SSSR count). The summed E-state index contributed by atoms with van der Waals surface area (Å²) in [6.45, 7) is 2.19. The highest BCUT2D eigenvalue weighted by Crippen LogP contribution is 2.39. The maximum atomic E-state index is 13.9. The van der Waals surface area contributed by atoms with Gasteiger partial charge in [-0.15, -0.1) is 0 Å². The number of carbonyl (C=O) groups excluding carboxylic acids is 2. The van der Waals surface area contributed by atoms with Gasteiger partial charge >= 0.3 is 5.97 Å². The average molecular weight is 533 g/mol. The van der Waals surface area contributed by atoms with Crippen molar-refractivity contribution in [3.63, 3.8) is 0 Å². The van der Waals surface area contributed by atoms with Crippen LogP contribution in [0.1, 0.15) is 66.1 Å². The quantitative estimate of drug-likeness (QED) is 0.511. The van der Waals surface area contributed by atoms with E-state index in [1.165, 1.54) is 12.1 Å². The first kappa shape index (κ1) is 26.9. The lowest BCUT2D eigenvalue weighted by Gasteiger charge is -2.41. The number of carboxylic acids is 1. The van der Waals surface area contributed by atoms with Crippen LogP contribution in [-0.4, -0.2) is 66.3 Å². The van der Waals surface area contributed by atoms with E-state index in [9.17, 15) is 19.5 Å². The highest BCUT2D eigenvalue weighted by atomic mass is 16.5. The van der Waals surface area contributed by atoms with Crippen LogP contribution in [0.4, 0.5) is 11.4 Å². The van der Waals surface area contributed by atoms with Gasteiger partial charge in [-0.1, -0.05) is 12.1 Å². The summed E-state index contributed by atoms with van der Waals surface area (Å²) < 4.78 is 5.55. The minimum absolute atomic E-state index is 0.0270. The minimum atomic E-state index is -1.03. The molecule has 0 bridgehead atoms. The lowest BCUT2D eigenvalue weighted by atomic mass is 9.84. The highest BCUT2D eigenvalue weighted by Gasteiger charge is 2.40. The molecule has 1 saturated carbocycles. The molecule has 1 unspecified atom stereocenters. The maximum Gasteiger partial charge on any atom is 0.335 e. The molecule has 2 aromatic carbocycles. The molecule has 0 aromatic heterocycles. The predicted molar refractivity (Wildman–Crippen MR) is 149 cm³/mol. The molecule has 206 valence electrons. The zero-order valence-corrected chi connectivity index (χ0v) is 22.3. The summed E-state index contributed by atoms with van der Waals surface area (Å²) in [5.41, 5.74) is 4.35. The van der Waals surface area contributed by atoms with E-state index in [1.807, 2.05) is 12.1 Å². The van der Waals surface area contributed by atoms with Crippen LogP contribution < -0.4 is 10.2 Å². The second kappa shape index (κ2) is 11.6. The molecule has 9 nitrogen and oxygen atoms in total. The van der Waals surface area contributed by atoms with E-state index in [0.29, 0.717) is 50.0 Å². The number of aromatic carboxylic acids is 1. The molecule has 1 aliphatic carbocycles. The van der Waals surface area contributed by atoms with Crippen molar-refractivity contribution in [3.8, 4) is 0 Å². The van der Waals surface area contributed by atoms with Crippen molar-refractivity contribution in [3.05, 3.63) is 59.2 Å². The summed E-state index contributed by atoms with van der Waals surface area (Å²) in [5, 5.41) is 20.1. The Morgan fingerprint density at radius 3 is 2.28 bits per heavy atom. The molecule has 2 heterocycles. The molecule has 39 heavy (non-hydrogen) atoms. The van der Waals surface area contributed by atoms with Crippen molar-refractivity contribution in [1.29, 1.82) is 5.41 Å². The Bertz CT molecular complexity index is 1240. The number of amides is 2.